The van der Waals surface area contributed by atoms with Crippen molar-refractivity contribution in [3.63, 3.8) is 0 Å². The molecule has 1 aliphatic carbocycles. The van der Waals surface area contributed by atoms with Crippen molar-refractivity contribution < 1.29 is 9.53 Å². The SMILES string of the molecule is CCOC(=O)Cc1csc(NC2CCCC(C)C2)n1. The highest BCUT2D eigenvalue weighted by atomic mass is 32.1. The van der Waals surface area contributed by atoms with Crippen LogP contribution in [0.25, 0.3) is 0 Å². The van der Waals surface area contributed by atoms with E-state index in [9.17, 15) is 4.79 Å². The van der Waals surface area contributed by atoms with E-state index in [-0.39, 0.29) is 12.4 Å². The van der Waals surface area contributed by atoms with Crippen LogP contribution in [0.15, 0.2) is 5.38 Å². The Balaban J connectivity index is 1.84. The Morgan fingerprint density at radius 2 is 2.42 bits per heavy atom. The van der Waals surface area contributed by atoms with Gasteiger partial charge in [-0.3, -0.25) is 4.79 Å². The van der Waals surface area contributed by atoms with E-state index >= 15 is 0 Å². The lowest BCUT2D eigenvalue weighted by Crippen LogP contribution is -2.26. The first-order chi connectivity index (χ1) is 9.17. The van der Waals surface area contributed by atoms with Gasteiger partial charge in [0.15, 0.2) is 5.13 Å². The van der Waals surface area contributed by atoms with Gasteiger partial charge in [0.25, 0.3) is 0 Å². The lowest BCUT2D eigenvalue weighted by molar-refractivity contribution is -0.142. The van der Waals surface area contributed by atoms with Gasteiger partial charge in [0.2, 0.25) is 0 Å². The summed E-state index contributed by atoms with van der Waals surface area (Å²) in [6, 6.07) is 0.533. The maximum atomic E-state index is 11.4. The van der Waals surface area contributed by atoms with Gasteiger partial charge >= 0.3 is 5.97 Å². The molecular weight excluding hydrogens is 260 g/mol. The van der Waals surface area contributed by atoms with Crippen molar-refractivity contribution >= 4 is 22.4 Å². The minimum absolute atomic E-state index is 0.203. The van der Waals surface area contributed by atoms with Crippen molar-refractivity contribution in [1.82, 2.24) is 4.98 Å². The van der Waals surface area contributed by atoms with E-state index in [1.807, 2.05) is 12.3 Å². The Morgan fingerprint density at radius 3 is 3.16 bits per heavy atom. The minimum Gasteiger partial charge on any atom is -0.466 e. The third-order valence-corrected chi connectivity index (χ3v) is 4.27. The number of esters is 1. The maximum absolute atomic E-state index is 11.4. The summed E-state index contributed by atoms with van der Waals surface area (Å²) < 4.78 is 4.92. The fraction of sp³-hybridized carbons (Fsp3) is 0.714. The summed E-state index contributed by atoms with van der Waals surface area (Å²) in [5.41, 5.74) is 0.801. The molecule has 4 nitrogen and oxygen atoms in total. The maximum Gasteiger partial charge on any atom is 0.311 e. The molecule has 0 bridgehead atoms. The molecule has 1 heterocycles. The van der Waals surface area contributed by atoms with Crippen molar-refractivity contribution in [2.45, 2.75) is 52.0 Å². The van der Waals surface area contributed by atoms with Crippen LogP contribution in [-0.4, -0.2) is 23.6 Å². The molecule has 0 spiro atoms. The summed E-state index contributed by atoms with van der Waals surface area (Å²) in [6.45, 7) is 4.55. The quantitative estimate of drug-likeness (QED) is 0.842. The third kappa shape index (κ3) is 4.49. The number of anilines is 1. The predicted octanol–water partition coefficient (Wildman–Crippen LogP) is 3.24. The number of aromatic nitrogens is 1. The summed E-state index contributed by atoms with van der Waals surface area (Å²) >= 11 is 1.57. The molecule has 1 fully saturated rings. The first-order valence-electron chi connectivity index (χ1n) is 7.04. The third-order valence-electron chi connectivity index (χ3n) is 3.45. The fourth-order valence-corrected chi connectivity index (χ4v) is 3.34. The predicted molar refractivity (Wildman–Crippen MR) is 77.5 cm³/mol. The first-order valence-corrected chi connectivity index (χ1v) is 7.92. The second-order valence-corrected chi connectivity index (χ2v) is 6.10. The molecule has 0 saturated heterocycles. The van der Waals surface area contributed by atoms with Crippen LogP contribution in [0.3, 0.4) is 0 Å². The van der Waals surface area contributed by atoms with Crippen LogP contribution < -0.4 is 5.32 Å². The van der Waals surface area contributed by atoms with Gasteiger partial charge in [-0.15, -0.1) is 11.3 Å². The summed E-state index contributed by atoms with van der Waals surface area (Å²) in [4.78, 5) is 15.8. The van der Waals surface area contributed by atoms with Crippen molar-refractivity contribution in [3.05, 3.63) is 11.1 Å². The zero-order chi connectivity index (χ0) is 13.7. The van der Waals surface area contributed by atoms with E-state index in [1.54, 1.807) is 11.3 Å². The number of nitrogens with one attached hydrogen (secondary N) is 1. The van der Waals surface area contributed by atoms with E-state index in [4.69, 9.17) is 4.74 Å². The molecule has 0 aliphatic heterocycles. The molecule has 2 unspecified atom stereocenters. The number of carbonyl (C=O) groups excluding carboxylic acids is 1. The van der Waals surface area contributed by atoms with Crippen LogP contribution in [-0.2, 0) is 16.0 Å². The molecule has 0 radical (unpaired) electrons. The highest BCUT2D eigenvalue weighted by molar-refractivity contribution is 7.13. The standard InChI is InChI=1S/C14H22N2O2S/c1-3-18-13(17)8-12-9-19-14(16-12)15-11-6-4-5-10(2)7-11/h9-11H,3-8H2,1-2H3,(H,15,16). The fourth-order valence-electron chi connectivity index (χ4n) is 2.55. The van der Waals surface area contributed by atoms with Crippen LogP contribution in [0.4, 0.5) is 5.13 Å². The van der Waals surface area contributed by atoms with Gasteiger partial charge < -0.3 is 10.1 Å². The van der Waals surface area contributed by atoms with Crippen LogP contribution in [0.5, 0.6) is 0 Å². The topological polar surface area (TPSA) is 51.2 Å². The monoisotopic (exact) mass is 282 g/mol. The normalized spacial score (nSPS) is 23.1. The number of hydrogen-bond donors (Lipinski definition) is 1. The molecule has 1 saturated carbocycles. The Kier molecular flexibility index (Phi) is 5.19. The van der Waals surface area contributed by atoms with E-state index in [2.05, 4.69) is 17.2 Å². The van der Waals surface area contributed by atoms with E-state index in [0.29, 0.717) is 12.6 Å². The van der Waals surface area contributed by atoms with Gasteiger partial charge in [0, 0.05) is 11.4 Å². The highest BCUT2D eigenvalue weighted by Crippen LogP contribution is 2.27. The Morgan fingerprint density at radius 1 is 1.58 bits per heavy atom. The van der Waals surface area contributed by atoms with Crippen molar-refractivity contribution in [2.75, 3.05) is 11.9 Å². The van der Waals surface area contributed by atoms with Crippen LogP contribution in [0.2, 0.25) is 0 Å². The number of ether oxygens (including phenoxy) is 1. The smallest absolute Gasteiger partial charge is 0.311 e. The van der Waals surface area contributed by atoms with E-state index in [0.717, 1.165) is 16.7 Å². The second kappa shape index (κ2) is 6.89. The van der Waals surface area contributed by atoms with Gasteiger partial charge in [-0.25, -0.2) is 4.98 Å². The number of carbonyl (C=O) groups is 1. The van der Waals surface area contributed by atoms with E-state index < -0.39 is 0 Å². The molecule has 5 heteroatoms. The molecule has 0 aromatic carbocycles. The molecule has 1 N–H and O–H groups in total. The van der Waals surface area contributed by atoms with E-state index in [1.165, 1.54) is 25.7 Å². The average molecular weight is 282 g/mol. The Hall–Kier alpha value is -1.10. The highest BCUT2D eigenvalue weighted by Gasteiger charge is 2.19. The van der Waals surface area contributed by atoms with Gasteiger partial charge in [-0.1, -0.05) is 19.8 Å². The Labute approximate surface area is 118 Å². The van der Waals surface area contributed by atoms with Gasteiger partial charge in [-0.2, -0.15) is 0 Å². The zero-order valence-corrected chi connectivity index (χ0v) is 12.5. The summed E-state index contributed by atoms with van der Waals surface area (Å²) in [7, 11) is 0. The van der Waals surface area contributed by atoms with Crippen molar-refractivity contribution in [2.24, 2.45) is 5.92 Å². The van der Waals surface area contributed by atoms with Gasteiger partial charge in [-0.05, 0) is 25.7 Å². The molecule has 1 aromatic heterocycles. The Bertz CT molecular complexity index is 419. The van der Waals surface area contributed by atoms with Crippen molar-refractivity contribution in [3.8, 4) is 0 Å². The van der Waals surface area contributed by atoms with Gasteiger partial charge in [0.1, 0.15) is 0 Å². The molecular formula is C14H22N2O2S. The largest absolute Gasteiger partial charge is 0.466 e. The van der Waals surface area contributed by atoms with Crippen LogP contribution >= 0.6 is 11.3 Å². The lowest BCUT2D eigenvalue weighted by atomic mass is 9.87. The zero-order valence-electron chi connectivity index (χ0n) is 11.6. The van der Waals surface area contributed by atoms with Gasteiger partial charge in [0.05, 0.1) is 18.7 Å². The van der Waals surface area contributed by atoms with Crippen LogP contribution in [0, 0.1) is 5.92 Å². The number of hydrogen-bond acceptors (Lipinski definition) is 5. The summed E-state index contributed by atoms with van der Waals surface area (Å²) in [6.07, 6.45) is 5.33. The minimum atomic E-state index is -0.203. The molecule has 1 aromatic rings. The molecule has 0 amide bonds. The molecule has 19 heavy (non-hydrogen) atoms. The molecule has 1 aliphatic rings. The average Bonchev–Trinajstić information content (AvgIpc) is 2.76. The molecule has 2 atom stereocenters. The van der Waals surface area contributed by atoms with Crippen LogP contribution in [0.1, 0.15) is 45.2 Å². The second-order valence-electron chi connectivity index (χ2n) is 5.24. The summed E-state index contributed by atoms with van der Waals surface area (Å²) in [5.74, 6) is 0.593. The lowest BCUT2D eigenvalue weighted by Gasteiger charge is -2.27. The molecule has 2 rings (SSSR count). The number of nitrogens with zero attached hydrogens (tertiary/aromatic N) is 1. The van der Waals surface area contributed by atoms with Crippen molar-refractivity contribution in [1.29, 1.82) is 0 Å². The summed E-state index contributed by atoms with van der Waals surface area (Å²) in [5, 5.41) is 6.36. The molecule has 106 valence electrons. The number of thiazole rings is 1. The number of rotatable bonds is 5. The first kappa shape index (κ1) is 14.3.